The van der Waals surface area contributed by atoms with Crippen molar-refractivity contribution in [1.29, 1.82) is 0 Å². The molecule has 2 heterocycles. The Balaban J connectivity index is 1.49. The number of carbonyl (C=O) groups excluding carboxylic acids is 3. The Labute approximate surface area is 152 Å². The number of amides is 3. The predicted octanol–water partition coefficient (Wildman–Crippen LogP) is 2.40. The van der Waals surface area contributed by atoms with Crippen molar-refractivity contribution in [2.75, 3.05) is 6.54 Å². The second-order valence-electron chi connectivity index (χ2n) is 6.76. The van der Waals surface area contributed by atoms with Gasteiger partial charge in [0.05, 0.1) is 0 Å². The lowest BCUT2D eigenvalue weighted by atomic mass is 10.0. The summed E-state index contributed by atoms with van der Waals surface area (Å²) in [6.07, 6.45) is 1.32. The van der Waals surface area contributed by atoms with Gasteiger partial charge in [0, 0.05) is 25.1 Å². The van der Waals surface area contributed by atoms with Gasteiger partial charge >= 0.3 is 0 Å². The third-order valence-corrected chi connectivity index (χ3v) is 5.18. The zero-order valence-electron chi connectivity index (χ0n) is 14.4. The molecule has 0 saturated carbocycles. The van der Waals surface area contributed by atoms with E-state index in [0.717, 1.165) is 11.1 Å². The molecule has 2 aromatic carbocycles. The number of carbonyl (C=O) groups is 3. The molecule has 26 heavy (non-hydrogen) atoms. The van der Waals surface area contributed by atoms with E-state index in [4.69, 9.17) is 0 Å². The maximum absolute atomic E-state index is 13.0. The summed E-state index contributed by atoms with van der Waals surface area (Å²) in [7, 11) is 0. The first-order valence-electron chi connectivity index (χ1n) is 8.92. The summed E-state index contributed by atoms with van der Waals surface area (Å²) < 4.78 is 0. The van der Waals surface area contributed by atoms with E-state index in [1.807, 2.05) is 48.5 Å². The maximum atomic E-state index is 13.0. The highest BCUT2D eigenvalue weighted by Gasteiger charge is 2.42. The summed E-state index contributed by atoms with van der Waals surface area (Å²) in [4.78, 5) is 40.9. The van der Waals surface area contributed by atoms with Crippen molar-refractivity contribution < 1.29 is 14.4 Å². The molecule has 1 saturated heterocycles. The van der Waals surface area contributed by atoms with Crippen LogP contribution in [0.1, 0.15) is 34.3 Å². The van der Waals surface area contributed by atoms with Crippen LogP contribution in [-0.4, -0.2) is 40.1 Å². The Morgan fingerprint density at radius 1 is 0.923 bits per heavy atom. The summed E-state index contributed by atoms with van der Waals surface area (Å²) in [5, 5.41) is 0. The van der Waals surface area contributed by atoms with Crippen molar-refractivity contribution in [3.8, 4) is 0 Å². The Kier molecular flexibility index (Phi) is 4.29. The summed E-state index contributed by atoms with van der Waals surface area (Å²) in [5.74, 6) is -0.513. The molecule has 0 aromatic heterocycles. The summed E-state index contributed by atoms with van der Waals surface area (Å²) in [6.45, 7) is 0.791. The number of benzene rings is 2. The molecule has 0 aliphatic carbocycles. The Bertz CT molecular complexity index is 863. The van der Waals surface area contributed by atoms with Crippen molar-refractivity contribution in [2.24, 2.45) is 0 Å². The van der Waals surface area contributed by atoms with E-state index in [0.29, 0.717) is 37.9 Å². The molecule has 3 amide bonds. The van der Waals surface area contributed by atoms with Gasteiger partial charge in [0.25, 0.3) is 11.8 Å². The van der Waals surface area contributed by atoms with Crippen LogP contribution in [0, 0.1) is 0 Å². The molecule has 1 atom stereocenters. The lowest BCUT2D eigenvalue weighted by molar-refractivity contribution is -0.152. The topological polar surface area (TPSA) is 57.7 Å². The van der Waals surface area contributed by atoms with Crippen LogP contribution in [0.25, 0.3) is 0 Å². The molecule has 1 unspecified atom stereocenters. The Hall–Kier alpha value is -2.95. The van der Waals surface area contributed by atoms with Crippen molar-refractivity contribution in [3.05, 3.63) is 71.3 Å². The van der Waals surface area contributed by atoms with Gasteiger partial charge in [-0.05, 0) is 30.0 Å². The van der Waals surface area contributed by atoms with Crippen molar-refractivity contribution in [3.63, 3.8) is 0 Å². The SMILES string of the molecule is O=C1CCC(N2Cc3ccccc3C2=O)C(=O)N1CCc1ccccc1. The third kappa shape index (κ3) is 2.90. The summed E-state index contributed by atoms with van der Waals surface area (Å²) in [6, 6.07) is 16.7. The zero-order valence-corrected chi connectivity index (χ0v) is 14.4. The number of fused-ring (bicyclic) bond motifs is 1. The van der Waals surface area contributed by atoms with Crippen LogP contribution in [0.4, 0.5) is 0 Å². The molecular formula is C21H20N2O3. The van der Waals surface area contributed by atoms with Gasteiger partial charge in [0.15, 0.2) is 0 Å². The molecule has 0 radical (unpaired) electrons. The van der Waals surface area contributed by atoms with Crippen LogP contribution in [0.5, 0.6) is 0 Å². The molecule has 132 valence electrons. The van der Waals surface area contributed by atoms with E-state index < -0.39 is 6.04 Å². The number of rotatable bonds is 4. The van der Waals surface area contributed by atoms with Gasteiger partial charge in [-0.1, -0.05) is 48.5 Å². The minimum Gasteiger partial charge on any atom is -0.322 e. The monoisotopic (exact) mass is 348 g/mol. The fourth-order valence-electron chi connectivity index (χ4n) is 3.76. The first kappa shape index (κ1) is 16.5. The summed E-state index contributed by atoms with van der Waals surface area (Å²) >= 11 is 0. The van der Waals surface area contributed by atoms with E-state index in [9.17, 15) is 14.4 Å². The van der Waals surface area contributed by atoms with E-state index in [1.165, 1.54) is 4.90 Å². The molecule has 2 aromatic rings. The number of hydrogen-bond donors (Lipinski definition) is 0. The molecule has 4 rings (SSSR count). The number of imide groups is 1. The number of hydrogen-bond acceptors (Lipinski definition) is 3. The van der Waals surface area contributed by atoms with E-state index in [1.54, 1.807) is 11.0 Å². The quantitative estimate of drug-likeness (QED) is 0.797. The fourth-order valence-corrected chi connectivity index (χ4v) is 3.76. The van der Waals surface area contributed by atoms with Crippen LogP contribution in [0.2, 0.25) is 0 Å². The zero-order chi connectivity index (χ0) is 18.1. The van der Waals surface area contributed by atoms with E-state index in [2.05, 4.69) is 0 Å². The van der Waals surface area contributed by atoms with Crippen LogP contribution < -0.4 is 0 Å². The minimum atomic E-state index is -0.552. The summed E-state index contributed by atoms with van der Waals surface area (Å²) in [5.41, 5.74) is 2.69. The number of nitrogens with zero attached hydrogens (tertiary/aromatic N) is 2. The van der Waals surface area contributed by atoms with Gasteiger partial charge in [-0.2, -0.15) is 0 Å². The minimum absolute atomic E-state index is 0.115. The van der Waals surface area contributed by atoms with E-state index >= 15 is 0 Å². The van der Waals surface area contributed by atoms with Crippen molar-refractivity contribution in [2.45, 2.75) is 31.8 Å². The van der Waals surface area contributed by atoms with Crippen LogP contribution in [0.15, 0.2) is 54.6 Å². The molecule has 1 fully saturated rings. The first-order chi connectivity index (χ1) is 12.6. The van der Waals surface area contributed by atoms with Gasteiger partial charge in [0.1, 0.15) is 6.04 Å². The molecule has 0 spiro atoms. The first-order valence-corrected chi connectivity index (χ1v) is 8.92. The standard InChI is InChI=1S/C21H20N2O3/c24-19-11-10-18(23-14-16-8-4-5-9-17(16)20(23)25)21(26)22(19)13-12-15-6-2-1-3-7-15/h1-9,18H,10-14H2. The molecule has 0 bridgehead atoms. The Morgan fingerprint density at radius 3 is 2.42 bits per heavy atom. The van der Waals surface area contributed by atoms with Gasteiger partial charge in [-0.3, -0.25) is 19.3 Å². The van der Waals surface area contributed by atoms with E-state index in [-0.39, 0.29) is 17.7 Å². The molecule has 2 aliphatic rings. The van der Waals surface area contributed by atoms with Crippen LogP contribution in [-0.2, 0) is 22.6 Å². The van der Waals surface area contributed by atoms with Gasteiger partial charge < -0.3 is 4.90 Å². The second-order valence-corrected chi connectivity index (χ2v) is 6.76. The molecule has 2 aliphatic heterocycles. The van der Waals surface area contributed by atoms with Crippen LogP contribution in [0.3, 0.4) is 0 Å². The lowest BCUT2D eigenvalue weighted by Crippen LogP contribution is -2.55. The molecular weight excluding hydrogens is 328 g/mol. The van der Waals surface area contributed by atoms with Gasteiger partial charge in [-0.15, -0.1) is 0 Å². The Morgan fingerprint density at radius 2 is 1.65 bits per heavy atom. The predicted molar refractivity (Wildman–Crippen MR) is 96.2 cm³/mol. The highest BCUT2D eigenvalue weighted by molar-refractivity contribution is 6.05. The van der Waals surface area contributed by atoms with Gasteiger partial charge in [0.2, 0.25) is 5.91 Å². The number of piperidine rings is 1. The fraction of sp³-hybridized carbons (Fsp3) is 0.286. The third-order valence-electron chi connectivity index (χ3n) is 5.18. The molecule has 5 heteroatoms. The molecule has 5 nitrogen and oxygen atoms in total. The maximum Gasteiger partial charge on any atom is 0.255 e. The average Bonchev–Trinajstić information content (AvgIpc) is 2.99. The molecule has 0 N–H and O–H groups in total. The smallest absolute Gasteiger partial charge is 0.255 e. The largest absolute Gasteiger partial charge is 0.322 e. The van der Waals surface area contributed by atoms with Gasteiger partial charge in [-0.25, -0.2) is 0 Å². The highest BCUT2D eigenvalue weighted by Crippen LogP contribution is 2.28. The van der Waals surface area contributed by atoms with Crippen molar-refractivity contribution >= 4 is 17.7 Å². The number of likely N-dealkylation sites (tertiary alicyclic amines) is 1. The normalized spacial score (nSPS) is 19.8. The average molecular weight is 348 g/mol. The second kappa shape index (κ2) is 6.75. The highest BCUT2D eigenvalue weighted by atomic mass is 16.2. The lowest BCUT2D eigenvalue weighted by Gasteiger charge is -2.35. The van der Waals surface area contributed by atoms with Crippen LogP contribution >= 0.6 is 0 Å². The van der Waals surface area contributed by atoms with Crippen molar-refractivity contribution in [1.82, 2.24) is 9.80 Å².